The lowest BCUT2D eigenvalue weighted by atomic mass is 9.83. The Morgan fingerprint density at radius 3 is 2.66 bits per heavy atom. The summed E-state index contributed by atoms with van der Waals surface area (Å²) in [7, 11) is 1.62. The molecule has 2 aliphatic rings. The van der Waals surface area contributed by atoms with E-state index in [9.17, 15) is 4.79 Å². The van der Waals surface area contributed by atoms with Gasteiger partial charge in [-0.2, -0.15) is 0 Å². The topological polar surface area (TPSA) is 80.6 Å². The minimum absolute atomic E-state index is 0.0242. The Balaban J connectivity index is 1.71. The molecule has 1 amide bonds. The average molecular weight is 479 g/mol. The molecule has 0 aliphatic carbocycles. The van der Waals surface area contributed by atoms with Gasteiger partial charge in [-0.3, -0.25) is 4.79 Å². The summed E-state index contributed by atoms with van der Waals surface area (Å²) in [6, 6.07) is 15.1. The number of nitrogens with zero attached hydrogens (tertiary/aromatic N) is 2. The predicted octanol–water partition coefficient (Wildman–Crippen LogP) is 4.30. The van der Waals surface area contributed by atoms with E-state index in [0.717, 1.165) is 43.5 Å². The Morgan fingerprint density at radius 1 is 1.20 bits per heavy atom. The molecule has 1 saturated heterocycles. The molecule has 0 saturated carbocycles. The third kappa shape index (κ3) is 5.35. The van der Waals surface area contributed by atoms with E-state index >= 15 is 0 Å². The lowest BCUT2D eigenvalue weighted by molar-refractivity contribution is -0.140. The first-order chi connectivity index (χ1) is 17.1. The minimum atomic E-state index is -1.14. The van der Waals surface area contributed by atoms with Crippen molar-refractivity contribution in [3.05, 3.63) is 72.3 Å². The number of carbonyl (C=O) groups is 1. The number of ether oxygens (including phenoxy) is 3. The number of hydrogen-bond acceptors (Lipinski definition) is 6. The van der Waals surface area contributed by atoms with Gasteiger partial charge in [0.15, 0.2) is 11.6 Å². The van der Waals surface area contributed by atoms with Crippen molar-refractivity contribution in [2.24, 2.45) is 4.99 Å². The summed E-state index contributed by atoms with van der Waals surface area (Å²) in [6.45, 7) is 5.94. The van der Waals surface area contributed by atoms with E-state index in [1.807, 2.05) is 53.4 Å². The number of amides is 1. The summed E-state index contributed by atoms with van der Waals surface area (Å²) in [5.41, 5.74) is 0.459. The molecule has 4 rings (SSSR count). The molecular weight excluding hydrogens is 444 g/mol. The van der Waals surface area contributed by atoms with Gasteiger partial charge in [-0.25, -0.2) is 4.99 Å². The summed E-state index contributed by atoms with van der Waals surface area (Å²) in [4.78, 5) is 21.0. The number of likely N-dealkylation sites (tertiary alicyclic amines) is 1. The third-order valence-corrected chi connectivity index (χ3v) is 6.50. The second-order valence-electron chi connectivity index (χ2n) is 8.91. The van der Waals surface area contributed by atoms with Crippen LogP contribution in [0.25, 0.3) is 0 Å². The van der Waals surface area contributed by atoms with E-state index in [0.29, 0.717) is 36.8 Å². The normalized spacial score (nSPS) is 21.7. The number of benzene rings is 2. The SMILES string of the molecule is C=CC[C@@]1(C(=O)N2CCCCC2)N=C(c2ccc(OCCCO)cc2)O[C@@H]1c1cccc(OC)c1. The number of aliphatic imine (C=N–C) groups is 1. The number of aliphatic hydroxyl groups excluding tert-OH is 1. The average Bonchev–Trinajstić information content (AvgIpc) is 3.30. The molecule has 1 N–H and O–H groups in total. The molecule has 35 heavy (non-hydrogen) atoms. The zero-order valence-electron chi connectivity index (χ0n) is 20.3. The zero-order chi connectivity index (χ0) is 24.7. The highest BCUT2D eigenvalue weighted by Gasteiger charge is 2.54. The van der Waals surface area contributed by atoms with Gasteiger partial charge in [-0.1, -0.05) is 18.2 Å². The lowest BCUT2D eigenvalue weighted by Gasteiger charge is -2.36. The van der Waals surface area contributed by atoms with Crippen molar-refractivity contribution < 1.29 is 24.1 Å². The highest BCUT2D eigenvalue weighted by atomic mass is 16.5. The van der Waals surface area contributed by atoms with Crippen molar-refractivity contribution in [1.82, 2.24) is 4.90 Å². The maximum atomic E-state index is 14.0. The maximum absolute atomic E-state index is 14.0. The summed E-state index contributed by atoms with van der Waals surface area (Å²) in [5.74, 6) is 1.80. The fraction of sp³-hybridized carbons (Fsp3) is 0.429. The Bertz CT molecular complexity index is 1050. The van der Waals surface area contributed by atoms with Crippen molar-refractivity contribution in [3.8, 4) is 11.5 Å². The molecule has 2 atom stereocenters. The van der Waals surface area contributed by atoms with Crippen LogP contribution >= 0.6 is 0 Å². The van der Waals surface area contributed by atoms with E-state index in [4.69, 9.17) is 24.3 Å². The molecule has 7 nitrogen and oxygen atoms in total. The molecule has 186 valence electrons. The van der Waals surface area contributed by atoms with Crippen molar-refractivity contribution >= 4 is 11.8 Å². The quantitative estimate of drug-likeness (QED) is 0.407. The molecule has 0 bridgehead atoms. The first-order valence-electron chi connectivity index (χ1n) is 12.3. The summed E-state index contributed by atoms with van der Waals surface area (Å²) in [5, 5.41) is 8.96. The minimum Gasteiger partial charge on any atom is -0.497 e. The fourth-order valence-corrected chi connectivity index (χ4v) is 4.70. The van der Waals surface area contributed by atoms with Crippen LogP contribution in [0.4, 0.5) is 0 Å². The monoisotopic (exact) mass is 478 g/mol. The van der Waals surface area contributed by atoms with Gasteiger partial charge in [0, 0.05) is 38.1 Å². The van der Waals surface area contributed by atoms with Crippen LogP contribution in [0.1, 0.15) is 49.3 Å². The first-order valence-corrected chi connectivity index (χ1v) is 12.3. The predicted molar refractivity (Wildman–Crippen MR) is 135 cm³/mol. The summed E-state index contributed by atoms with van der Waals surface area (Å²) < 4.78 is 17.6. The van der Waals surface area contributed by atoms with Crippen LogP contribution in [-0.2, 0) is 9.53 Å². The summed E-state index contributed by atoms with van der Waals surface area (Å²) in [6.07, 6.45) is 5.20. The van der Waals surface area contributed by atoms with Crippen LogP contribution in [0.3, 0.4) is 0 Å². The van der Waals surface area contributed by atoms with Crippen molar-refractivity contribution in [2.75, 3.05) is 33.4 Å². The van der Waals surface area contributed by atoms with Crippen molar-refractivity contribution in [1.29, 1.82) is 0 Å². The number of rotatable bonds is 10. The van der Waals surface area contributed by atoms with E-state index in [-0.39, 0.29) is 12.5 Å². The van der Waals surface area contributed by atoms with Gasteiger partial charge in [0.2, 0.25) is 5.90 Å². The van der Waals surface area contributed by atoms with Crippen LogP contribution in [-0.4, -0.2) is 60.8 Å². The van der Waals surface area contributed by atoms with Crippen LogP contribution in [0.15, 0.2) is 66.2 Å². The molecule has 2 heterocycles. The molecule has 0 unspecified atom stereocenters. The standard InChI is InChI=1S/C28H34N2O5/c1-3-15-28(27(32)30-16-5-4-6-17-30)25(22-9-7-10-24(20-22)33-2)35-26(29-28)21-11-13-23(14-12-21)34-19-8-18-31/h3,7,9-14,20,25,31H,1,4-6,8,15-19H2,2H3/t25-,28-/m1/s1. The molecular formula is C28H34N2O5. The molecule has 0 spiro atoms. The Hall–Kier alpha value is -3.32. The van der Waals surface area contributed by atoms with Gasteiger partial charge in [-0.05, 0) is 61.2 Å². The van der Waals surface area contributed by atoms with E-state index in [1.54, 1.807) is 13.2 Å². The third-order valence-electron chi connectivity index (χ3n) is 6.50. The Kier molecular flexibility index (Phi) is 8.08. The molecule has 0 radical (unpaired) electrons. The van der Waals surface area contributed by atoms with Gasteiger partial charge in [0.1, 0.15) is 11.5 Å². The van der Waals surface area contributed by atoms with Gasteiger partial charge < -0.3 is 24.2 Å². The Morgan fingerprint density at radius 2 is 1.97 bits per heavy atom. The first kappa shape index (κ1) is 24.8. The number of piperidine rings is 1. The molecule has 7 heteroatoms. The van der Waals surface area contributed by atoms with E-state index < -0.39 is 11.6 Å². The van der Waals surface area contributed by atoms with Crippen LogP contribution in [0, 0.1) is 0 Å². The molecule has 2 aromatic carbocycles. The van der Waals surface area contributed by atoms with E-state index in [2.05, 4.69) is 6.58 Å². The number of methoxy groups -OCH3 is 1. The molecule has 2 aliphatic heterocycles. The smallest absolute Gasteiger partial charge is 0.255 e. The maximum Gasteiger partial charge on any atom is 0.255 e. The molecule has 2 aromatic rings. The second kappa shape index (κ2) is 11.4. The van der Waals surface area contributed by atoms with Crippen molar-refractivity contribution in [2.45, 2.75) is 43.7 Å². The largest absolute Gasteiger partial charge is 0.497 e. The fourth-order valence-electron chi connectivity index (χ4n) is 4.70. The highest BCUT2D eigenvalue weighted by Crippen LogP contribution is 2.44. The number of hydrogen-bond donors (Lipinski definition) is 1. The van der Waals surface area contributed by atoms with Gasteiger partial charge in [-0.15, -0.1) is 6.58 Å². The zero-order valence-corrected chi connectivity index (χ0v) is 20.3. The van der Waals surface area contributed by atoms with Crippen LogP contribution in [0.2, 0.25) is 0 Å². The van der Waals surface area contributed by atoms with E-state index in [1.165, 1.54) is 0 Å². The molecule has 0 aromatic heterocycles. The molecule has 1 fully saturated rings. The summed E-state index contributed by atoms with van der Waals surface area (Å²) >= 11 is 0. The number of carbonyl (C=O) groups excluding carboxylic acids is 1. The Labute approximate surface area is 207 Å². The second-order valence-corrected chi connectivity index (χ2v) is 8.91. The highest BCUT2D eigenvalue weighted by molar-refractivity contribution is 6.01. The van der Waals surface area contributed by atoms with Crippen molar-refractivity contribution in [3.63, 3.8) is 0 Å². The number of aliphatic hydroxyl groups is 1. The van der Waals surface area contributed by atoms with Gasteiger partial charge >= 0.3 is 0 Å². The van der Waals surface area contributed by atoms with Crippen LogP contribution < -0.4 is 9.47 Å². The lowest BCUT2D eigenvalue weighted by Crippen LogP contribution is -2.51. The van der Waals surface area contributed by atoms with Gasteiger partial charge in [0.25, 0.3) is 5.91 Å². The van der Waals surface area contributed by atoms with Crippen LogP contribution in [0.5, 0.6) is 11.5 Å². The van der Waals surface area contributed by atoms with Gasteiger partial charge in [0.05, 0.1) is 13.7 Å².